The number of aliphatic carboxylic acids is 1. The molecule has 1 aromatic rings. The molecule has 0 bridgehead atoms. The number of halogens is 2. The van der Waals surface area contributed by atoms with E-state index in [2.05, 4.69) is 0 Å². The first-order valence-corrected chi connectivity index (χ1v) is 5.34. The molecule has 0 spiro atoms. The number of hydrogen-bond donors (Lipinski definition) is 2. The molecule has 0 amide bonds. The SMILES string of the molecule is CC(CC(CN)C(=O)O)c1cccc(F)c1F. The molecular formula is C12H15F2NO2. The number of carboxylic acids is 1. The molecule has 1 aromatic carbocycles. The van der Waals surface area contributed by atoms with E-state index in [-0.39, 0.29) is 18.5 Å². The number of rotatable bonds is 5. The number of hydrogen-bond acceptors (Lipinski definition) is 2. The van der Waals surface area contributed by atoms with Crippen molar-refractivity contribution in [3.63, 3.8) is 0 Å². The minimum atomic E-state index is -1.02. The summed E-state index contributed by atoms with van der Waals surface area (Å²) >= 11 is 0. The second-order valence-corrected chi connectivity index (χ2v) is 4.05. The third kappa shape index (κ3) is 3.23. The third-order valence-corrected chi connectivity index (χ3v) is 2.78. The zero-order valence-corrected chi connectivity index (χ0v) is 9.49. The van der Waals surface area contributed by atoms with Crippen molar-refractivity contribution in [2.45, 2.75) is 19.3 Å². The first-order valence-electron chi connectivity index (χ1n) is 5.34. The molecule has 1 rings (SSSR count). The molecule has 3 N–H and O–H groups in total. The van der Waals surface area contributed by atoms with Crippen LogP contribution in [-0.4, -0.2) is 17.6 Å². The zero-order valence-electron chi connectivity index (χ0n) is 9.49. The van der Waals surface area contributed by atoms with Crippen LogP contribution in [0.4, 0.5) is 8.78 Å². The summed E-state index contributed by atoms with van der Waals surface area (Å²) in [6.07, 6.45) is 0.187. The number of benzene rings is 1. The van der Waals surface area contributed by atoms with Gasteiger partial charge in [-0.1, -0.05) is 19.1 Å². The van der Waals surface area contributed by atoms with Gasteiger partial charge in [0.25, 0.3) is 0 Å². The fraction of sp³-hybridized carbons (Fsp3) is 0.417. The van der Waals surface area contributed by atoms with Gasteiger partial charge in [0.05, 0.1) is 5.92 Å². The maximum Gasteiger partial charge on any atom is 0.307 e. The smallest absolute Gasteiger partial charge is 0.307 e. The van der Waals surface area contributed by atoms with Gasteiger partial charge in [-0.15, -0.1) is 0 Å². The van der Waals surface area contributed by atoms with E-state index in [1.165, 1.54) is 12.1 Å². The van der Waals surface area contributed by atoms with Crippen molar-refractivity contribution in [2.24, 2.45) is 11.7 Å². The third-order valence-electron chi connectivity index (χ3n) is 2.78. The lowest BCUT2D eigenvalue weighted by Crippen LogP contribution is -2.25. The molecule has 17 heavy (non-hydrogen) atoms. The standard InChI is InChI=1S/C12H15F2NO2/c1-7(5-8(6-15)12(16)17)9-3-2-4-10(13)11(9)14/h2-4,7-8H,5-6,15H2,1H3,(H,16,17). The van der Waals surface area contributed by atoms with Crippen LogP contribution in [0.15, 0.2) is 18.2 Å². The summed E-state index contributed by atoms with van der Waals surface area (Å²) in [5.74, 6) is -3.99. The Bertz CT molecular complexity index is 409. The van der Waals surface area contributed by atoms with Gasteiger partial charge in [-0.3, -0.25) is 4.79 Å². The second-order valence-electron chi connectivity index (χ2n) is 4.05. The Morgan fingerprint density at radius 1 is 1.47 bits per heavy atom. The molecule has 3 nitrogen and oxygen atoms in total. The quantitative estimate of drug-likeness (QED) is 0.832. The highest BCUT2D eigenvalue weighted by Crippen LogP contribution is 2.26. The summed E-state index contributed by atoms with van der Waals surface area (Å²) < 4.78 is 26.5. The highest BCUT2D eigenvalue weighted by molar-refractivity contribution is 5.70. The maximum atomic E-state index is 13.5. The Labute approximate surface area is 98.2 Å². The lowest BCUT2D eigenvalue weighted by atomic mass is 9.90. The van der Waals surface area contributed by atoms with Gasteiger partial charge in [0.1, 0.15) is 0 Å². The molecule has 0 saturated heterocycles. The minimum absolute atomic E-state index is 0.0173. The first kappa shape index (κ1) is 13.6. The van der Waals surface area contributed by atoms with Crippen LogP contribution in [0.25, 0.3) is 0 Å². The maximum absolute atomic E-state index is 13.5. The summed E-state index contributed by atoms with van der Waals surface area (Å²) in [7, 11) is 0. The van der Waals surface area contributed by atoms with Crippen LogP contribution in [0.1, 0.15) is 24.8 Å². The molecule has 0 saturated carbocycles. The Morgan fingerprint density at radius 2 is 2.12 bits per heavy atom. The summed E-state index contributed by atoms with van der Waals surface area (Å²) in [4.78, 5) is 10.8. The molecule has 5 heteroatoms. The number of nitrogens with two attached hydrogens (primary N) is 1. The predicted octanol–water partition coefficient (Wildman–Crippen LogP) is 2.12. The van der Waals surface area contributed by atoms with E-state index in [4.69, 9.17) is 10.8 Å². The van der Waals surface area contributed by atoms with E-state index < -0.39 is 29.4 Å². The van der Waals surface area contributed by atoms with Crippen molar-refractivity contribution < 1.29 is 18.7 Å². The molecule has 0 radical (unpaired) electrons. The van der Waals surface area contributed by atoms with Crippen LogP contribution in [0.5, 0.6) is 0 Å². The molecule has 0 fully saturated rings. The zero-order chi connectivity index (χ0) is 13.0. The normalized spacial score (nSPS) is 14.4. The summed E-state index contributed by atoms with van der Waals surface area (Å²) in [5, 5.41) is 8.85. The summed E-state index contributed by atoms with van der Waals surface area (Å²) in [5.41, 5.74) is 5.50. The van der Waals surface area contributed by atoms with E-state index in [0.29, 0.717) is 0 Å². The van der Waals surface area contributed by atoms with Crippen LogP contribution in [0.2, 0.25) is 0 Å². The van der Waals surface area contributed by atoms with Crippen LogP contribution in [-0.2, 0) is 4.79 Å². The van der Waals surface area contributed by atoms with E-state index in [0.717, 1.165) is 6.07 Å². The van der Waals surface area contributed by atoms with Gasteiger partial charge < -0.3 is 10.8 Å². The average molecular weight is 243 g/mol. The Hall–Kier alpha value is -1.49. The molecule has 0 aliphatic rings. The van der Waals surface area contributed by atoms with E-state index in [1.807, 2.05) is 0 Å². The lowest BCUT2D eigenvalue weighted by molar-refractivity contribution is -0.141. The Morgan fingerprint density at radius 3 is 2.65 bits per heavy atom. The number of carboxylic acid groups (broad SMARTS) is 1. The molecule has 2 unspecified atom stereocenters. The fourth-order valence-corrected chi connectivity index (χ4v) is 1.75. The molecular weight excluding hydrogens is 228 g/mol. The van der Waals surface area contributed by atoms with Crippen molar-refractivity contribution in [3.8, 4) is 0 Å². The van der Waals surface area contributed by atoms with E-state index in [9.17, 15) is 13.6 Å². The molecule has 0 aliphatic heterocycles. The van der Waals surface area contributed by atoms with Crippen molar-refractivity contribution >= 4 is 5.97 Å². The summed E-state index contributed by atoms with van der Waals surface area (Å²) in [6, 6.07) is 3.89. The topological polar surface area (TPSA) is 63.3 Å². The number of carbonyl (C=O) groups is 1. The van der Waals surface area contributed by atoms with Crippen LogP contribution >= 0.6 is 0 Å². The van der Waals surface area contributed by atoms with Crippen molar-refractivity contribution in [3.05, 3.63) is 35.4 Å². The predicted molar refractivity (Wildman–Crippen MR) is 59.6 cm³/mol. The van der Waals surface area contributed by atoms with Gasteiger partial charge in [0.2, 0.25) is 0 Å². The molecule has 0 aliphatic carbocycles. The Kier molecular flexibility index (Phi) is 4.57. The average Bonchev–Trinajstić information content (AvgIpc) is 2.28. The highest BCUT2D eigenvalue weighted by Gasteiger charge is 2.22. The fourth-order valence-electron chi connectivity index (χ4n) is 1.75. The Balaban J connectivity index is 2.86. The van der Waals surface area contributed by atoms with Crippen LogP contribution in [0, 0.1) is 17.6 Å². The second kappa shape index (κ2) is 5.72. The molecule has 0 aromatic heterocycles. The van der Waals surface area contributed by atoms with E-state index in [1.54, 1.807) is 6.92 Å². The van der Waals surface area contributed by atoms with Crippen molar-refractivity contribution in [1.29, 1.82) is 0 Å². The van der Waals surface area contributed by atoms with Crippen LogP contribution < -0.4 is 5.73 Å². The van der Waals surface area contributed by atoms with Gasteiger partial charge in [-0.05, 0) is 24.0 Å². The van der Waals surface area contributed by atoms with Gasteiger partial charge in [0.15, 0.2) is 11.6 Å². The van der Waals surface area contributed by atoms with Gasteiger partial charge in [0, 0.05) is 6.54 Å². The van der Waals surface area contributed by atoms with Gasteiger partial charge in [-0.25, -0.2) is 8.78 Å². The monoisotopic (exact) mass is 243 g/mol. The molecule has 0 heterocycles. The lowest BCUT2D eigenvalue weighted by Gasteiger charge is -2.17. The van der Waals surface area contributed by atoms with Gasteiger partial charge in [-0.2, -0.15) is 0 Å². The first-order chi connectivity index (χ1) is 7.97. The molecule has 2 atom stereocenters. The van der Waals surface area contributed by atoms with Crippen LogP contribution in [0.3, 0.4) is 0 Å². The molecule has 94 valence electrons. The minimum Gasteiger partial charge on any atom is -0.481 e. The summed E-state index contributed by atoms with van der Waals surface area (Å²) in [6.45, 7) is 1.64. The van der Waals surface area contributed by atoms with E-state index >= 15 is 0 Å². The largest absolute Gasteiger partial charge is 0.481 e. The van der Waals surface area contributed by atoms with Crippen molar-refractivity contribution in [1.82, 2.24) is 0 Å². The van der Waals surface area contributed by atoms with Gasteiger partial charge >= 0.3 is 5.97 Å². The highest BCUT2D eigenvalue weighted by atomic mass is 19.2. The van der Waals surface area contributed by atoms with Crippen molar-refractivity contribution in [2.75, 3.05) is 6.54 Å².